The monoisotopic (exact) mass is 446 g/mol. The summed E-state index contributed by atoms with van der Waals surface area (Å²) in [5, 5.41) is 0. The van der Waals surface area contributed by atoms with E-state index in [4.69, 9.17) is 4.74 Å². The van der Waals surface area contributed by atoms with Gasteiger partial charge in [-0.3, -0.25) is 0 Å². The van der Waals surface area contributed by atoms with Crippen LogP contribution in [-0.4, -0.2) is 5.97 Å². The fourth-order valence-electron chi connectivity index (χ4n) is 5.78. The van der Waals surface area contributed by atoms with Crippen molar-refractivity contribution in [2.45, 2.75) is 64.2 Å². The SMILES string of the molecule is C=CCCc1ccc(OC(=O)c2ccc(C3CCC4CC(/C=C/C)CCC4C3)cc2)cc1F. The van der Waals surface area contributed by atoms with Crippen LogP contribution < -0.4 is 4.74 Å². The summed E-state index contributed by atoms with van der Waals surface area (Å²) < 4.78 is 19.7. The van der Waals surface area contributed by atoms with Crippen LogP contribution >= 0.6 is 0 Å². The molecular formula is C30H35FO2. The first-order chi connectivity index (χ1) is 16.1. The first-order valence-electron chi connectivity index (χ1n) is 12.4. The van der Waals surface area contributed by atoms with E-state index >= 15 is 0 Å². The number of ether oxygens (including phenoxy) is 1. The second-order valence-electron chi connectivity index (χ2n) is 9.72. The maximum atomic E-state index is 14.2. The molecule has 2 saturated carbocycles. The molecule has 2 aliphatic carbocycles. The Kier molecular flexibility index (Phi) is 7.80. The second-order valence-corrected chi connectivity index (χ2v) is 9.72. The van der Waals surface area contributed by atoms with E-state index in [-0.39, 0.29) is 11.6 Å². The molecule has 0 bridgehead atoms. The number of esters is 1. The lowest BCUT2D eigenvalue weighted by Gasteiger charge is -2.41. The van der Waals surface area contributed by atoms with Crippen molar-refractivity contribution in [3.8, 4) is 5.75 Å². The van der Waals surface area contributed by atoms with Gasteiger partial charge >= 0.3 is 5.97 Å². The summed E-state index contributed by atoms with van der Waals surface area (Å²) in [6, 6.07) is 12.5. The van der Waals surface area contributed by atoms with Crippen LogP contribution in [0.2, 0.25) is 0 Å². The Labute approximate surface area is 197 Å². The Balaban J connectivity index is 1.34. The van der Waals surface area contributed by atoms with Crippen molar-refractivity contribution < 1.29 is 13.9 Å². The Morgan fingerprint density at radius 2 is 1.82 bits per heavy atom. The van der Waals surface area contributed by atoms with Gasteiger partial charge < -0.3 is 4.74 Å². The second kappa shape index (κ2) is 11.0. The molecule has 0 amide bonds. The summed E-state index contributed by atoms with van der Waals surface area (Å²) in [4.78, 5) is 12.6. The molecule has 0 aromatic heterocycles. The molecule has 33 heavy (non-hydrogen) atoms. The van der Waals surface area contributed by atoms with Crippen molar-refractivity contribution in [2.75, 3.05) is 0 Å². The van der Waals surface area contributed by atoms with Crippen molar-refractivity contribution in [3.63, 3.8) is 0 Å². The van der Waals surface area contributed by atoms with Crippen LogP contribution in [0.5, 0.6) is 5.75 Å². The van der Waals surface area contributed by atoms with Gasteiger partial charge in [0.05, 0.1) is 5.56 Å². The van der Waals surface area contributed by atoms with Gasteiger partial charge in [0.25, 0.3) is 0 Å². The van der Waals surface area contributed by atoms with Gasteiger partial charge in [-0.05, 0) is 111 Å². The third-order valence-corrected chi connectivity index (χ3v) is 7.59. The van der Waals surface area contributed by atoms with Crippen molar-refractivity contribution >= 4 is 5.97 Å². The fourth-order valence-corrected chi connectivity index (χ4v) is 5.78. The van der Waals surface area contributed by atoms with Gasteiger partial charge in [0.2, 0.25) is 0 Å². The number of hydrogen-bond acceptors (Lipinski definition) is 2. The summed E-state index contributed by atoms with van der Waals surface area (Å²) in [5.74, 6) is 2.48. The molecule has 4 rings (SSSR count). The zero-order chi connectivity index (χ0) is 23.2. The maximum absolute atomic E-state index is 14.2. The topological polar surface area (TPSA) is 26.3 Å². The van der Waals surface area contributed by atoms with Crippen LogP contribution in [0.15, 0.2) is 67.3 Å². The summed E-state index contributed by atoms with van der Waals surface area (Å²) >= 11 is 0. The molecule has 0 aliphatic heterocycles. The largest absolute Gasteiger partial charge is 0.423 e. The van der Waals surface area contributed by atoms with E-state index in [1.165, 1.54) is 50.2 Å². The van der Waals surface area contributed by atoms with Gasteiger partial charge in [-0.25, -0.2) is 9.18 Å². The minimum atomic E-state index is -0.453. The van der Waals surface area contributed by atoms with Gasteiger partial charge in [-0.1, -0.05) is 36.4 Å². The van der Waals surface area contributed by atoms with E-state index in [2.05, 4.69) is 37.8 Å². The van der Waals surface area contributed by atoms with Crippen LogP contribution in [0.4, 0.5) is 4.39 Å². The molecule has 3 heteroatoms. The molecule has 0 N–H and O–H groups in total. The molecule has 2 aromatic carbocycles. The highest BCUT2D eigenvalue weighted by atomic mass is 19.1. The van der Waals surface area contributed by atoms with Crippen molar-refractivity contribution in [2.24, 2.45) is 17.8 Å². The van der Waals surface area contributed by atoms with Crippen LogP contribution in [0, 0.1) is 23.6 Å². The molecular weight excluding hydrogens is 411 g/mol. The molecule has 0 radical (unpaired) electrons. The van der Waals surface area contributed by atoms with E-state index < -0.39 is 5.97 Å². The Morgan fingerprint density at radius 3 is 2.55 bits per heavy atom. The van der Waals surface area contributed by atoms with E-state index in [0.717, 1.165) is 17.8 Å². The third kappa shape index (κ3) is 5.82. The molecule has 174 valence electrons. The maximum Gasteiger partial charge on any atom is 0.343 e. The average Bonchev–Trinajstić information content (AvgIpc) is 2.83. The lowest BCUT2D eigenvalue weighted by molar-refractivity contribution is 0.0734. The lowest BCUT2D eigenvalue weighted by Crippen LogP contribution is -2.30. The van der Waals surface area contributed by atoms with Gasteiger partial charge in [-0.15, -0.1) is 6.58 Å². The van der Waals surface area contributed by atoms with Gasteiger partial charge in [0.15, 0.2) is 0 Å². The van der Waals surface area contributed by atoms with Crippen LogP contribution in [0.25, 0.3) is 0 Å². The predicted molar refractivity (Wildman–Crippen MR) is 132 cm³/mol. The zero-order valence-corrected chi connectivity index (χ0v) is 19.6. The van der Waals surface area contributed by atoms with E-state index in [9.17, 15) is 9.18 Å². The summed E-state index contributed by atoms with van der Waals surface area (Å²) in [7, 11) is 0. The molecule has 0 heterocycles. The van der Waals surface area contributed by atoms with Gasteiger partial charge in [0, 0.05) is 6.07 Å². The Bertz CT molecular complexity index is 991. The van der Waals surface area contributed by atoms with Crippen LogP contribution in [-0.2, 0) is 6.42 Å². The average molecular weight is 447 g/mol. The number of benzene rings is 2. The van der Waals surface area contributed by atoms with Crippen molar-refractivity contribution in [3.05, 3.63) is 89.8 Å². The first-order valence-corrected chi connectivity index (χ1v) is 12.4. The molecule has 2 aromatic rings. The third-order valence-electron chi connectivity index (χ3n) is 7.59. The summed E-state index contributed by atoms with van der Waals surface area (Å²) in [5.41, 5.74) is 2.41. The van der Waals surface area contributed by atoms with Crippen LogP contribution in [0.3, 0.4) is 0 Å². The van der Waals surface area contributed by atoms with Gasteiger partial charge in [0.1, 0.15) is 11.6 Å². The van der Waals surface area contributed by atoms with Crippen molar-refractivity contribution in [1.29, 1.82) is 0 Å². The minimum absolute atomic E-state index is 0.232. The number of carbonyl (C=O) groups excluding carboxylic acids is 1. The quantitative estimate of drug-likeness (QED) is 0.244. The summed E-state index contributed by atoms with van der Waals surface area (Å²) in [6.45, 7) is 5.79. The highest BCUT2D eigenvalue weighted by Crippen LogP contribution is 2.47. The van der Waals surface area contributed by atoms with E-state index in [1.807, 2.05) is 12.1 Å². The van der Waals surface area contributed by atoms with Gasteiger partial charge in [-0.2, -0.15) is 0 Å². The van der Waals surface area contributed by atoms with E-state index in [0.29, 0.717) is 29.9 Å². The zero-order valence-electron chi connectivity index (χ0n) is 19.6. The number of allylic oxidation sites excluding steroid dienone is 3. The highest BCUT2D eigenvalue weighted by molar-refractivity contribution is 5.91. The van der Waals surface area contributed by atoms with E-state index in [1.54, 1.807) is 18.2 Å². The highest BCUT2D eigenvalue weighted by Gasteiger charge is 2.35. The number of rotatable bonds is 7. The Hall–Kier alpha value is -2.68. The van der Waals surface area contributed by atoms with Crippen molar-refractivity contribution in [1.82, 2.24) is 0 Å². The minimum Gasteiger partial charge on any atom is -0.423 e. The molecule has 2 fully saturated rings. The fraction of sp³-hybridized carbons (Fsp3) is 0.433. The molecule has 2 aliphatic rings. The molecule has 4 unspecified atom stereocenters. The molecule has 0 saturated heterocycles. The number of hydrogen-bond donors (Lipinski definition) is 0. The smallest absolute Gasteiger partial charge is 0.343 e. The summed E-state index contributed by atoms with van der Waals surface area (Å²) in [6.07, 6.45) is 15.5. The number of carbonyl (C=O) groups is 1. The normalized spacial score (nSPS) is 24.9. The number of halogens is 1. The first kappa shape index (κ1) is 23.5. The van der Waals surface area contributed by atoms with Crippen LogP contribution in [0.1, 0.15) is 79.3 Å². The predicted octanol–water partition coefficient (Wildman–Crippen LogP) is 8.04. The molecule has 0 spiro atoms. The Morgan fingerprint density at radius 1 is 1.06 bits per heavy atom. The number of aryl methyl sites for hydroxylation is 1. The lowest BCUT2D eigenvalue weighted by atomic mass is 9.64. The molecule has 4 atom stereocenters. The molecule has 2 nitrogen and oxygen atoms in total. The number of fused-ring (bicyclic) bond motifs is 1. The standard InChI is InChI=1S/C30H35FO2/c1-3-5-7-23-16-17-28(20-29(23)31)33-30(32)24-12-10-22(11-13-24)26-15-14-25-18-21(6-4-2)8-9-27(25)19-26/h3-4,6,10-13,16-17,20-21,25-27H,1,5,7-9,14-15,18-19H2,2H3/b6-4+.